The molecule has 0 aromatic rings. The summed E-state index contributed by atoms with van der Waals surface area (Å²) in [5.41, 5.74) is 0. The molecule has 11 heavy (non-hydrogen) atoms. The molecule has 0 unspecified atom stereocenters. The highest BCUT2D eigenvalue weighted by Crippen LogP contribution is 2.00. The molecular weight excluding hydrogens is 136 g/mol. The Balaban J connectivity index is 3.48. The van der Waals surface area contributed by atoms with Gasteiger partial charge in [-0.05, 0) is 24.8 Å². The highest BCUT2D eigenvalue weighted by atomic mass is 16.1. The van der Waals surface area contributed by atoms with Gasteiger partial charge < -0.3 is 0 Å². The molecule has 0 aromatic carbocycles. The lowest BCUT2D eigenvalue weighted by molar-refractivity contribution is -0.114. The number of carbonyl (C=O) groups excluding carboxylic acids is 1. The molecule has 0 aliphatic heterocycles. The summed E-state index contributed by atoms with van der Waals surface area (Å²) >= 11 is 0. The first-order valence-electron chi connectivity index (χ1n) is 4.36. The van der Waals surface area contributed by atoms with Crippen LogP contribution in [-0.4, -0.2) is 5.78 Å². The zero-order valence-corrected chi connectivity index (χ0v) is 7.76. The van der Waals surface area contributed by atoms with Crippen molar-refractivity contribution in [2.24, 2.45) is 5.92 Å². The Hall–Kier alpha value is -0.590. The molecule has 0 amide bonds. The fraction of sp³-hybridized carbons (Fsp3) is 0.700. The SMILES string of the molecule is CCCC(=O)/C=C/CC(C)C. The smallest absolute Gasteiger partial charge is 0.155 e. The Kier molecular flexibility index (Phi) is 5.81. The molecule has 0 rings (SSSR count). The molecule has 0 N–H and O–H groups in total. The molecule has 0 radical (unpaired) electrons. The van der Waals surface area contributed by atoms with Gasteiger partial charge >= 0.3 is 0 Å². The average molecular weight is 154 g/mol. The van der Waals surface area contributed by atoms with E-state index >= 15 is 0 Å². The van der Waals surface area contributed by atoms with Gasteiger partial charge in [-0.15, -0.1) is 0 Å². The third-order valence-corrected chi connectivity index (χ3v) is 1.41. The Bertz CT molecular complexity index is 134. The largest absolute Gasteiger partial charge is 0.295 e. The fourth-order valence-corrected chi connectivity index (χ4v) is 0.801. The van der Waals surface area contributed by atoms with Crippen LogP contribution in [0.4, 0.5) is 0 Å². The lowest BCUT2D eigenvalue weighted by atomic mass is 10.1. The molecular formula is C10H18O. The molecule has 0 spiro atoms. The van der Waals surface area contributed by atoms with Gasteiger partial charge in [-0.3, -0.25) is 4.79 Å². The number of hydrogen-bond donors (Lipinski definition) is 0. The van der Waals surface area contributed by atoms with Crippen LogP contribution in [0.15, 0.2) is 12.2 Å². The van der Waals surface area contributed by atoms with Gasteiger partial charge in [0.2, 0.25) is 0 Å². The second-order valence-corrected chi connectivity index (χ2v) is 3.25. The van der Waals surface area contributed by atoms with E-state index in [1.54, 1.807) is 6.08 Å². The molecule has 0 aromatic heterocycles. The van der Waals surface area contributed by atoms with Gasteiger partial charge in [-0.1, -0.05) is 26.8 Å². The van der Waals surface area contributed by atoms with E-state index in [4.69, 9.17) is 0 Å². The molecule has 0 aliphatic rings. The van der Waals surface area contributed by atoms with E-state index < -0.39 is 0 Å². The predicted molar refractivity (Wildman–Crippen MR) is 48.5 cm³/mol. The lowest BCUT2D eigenvalue weighted by Gasteiger charge is -1.95. The monoisotopic (exact) mass is 154 g/mol. The highest BCUT2D eigenvalue weighted by Gasteiger charge is 1.93. The van der Waals surface area contributed by atoms with Crippen LogP contribution >= 0.6 is 0 Å². The third kappa shape index (κ3) is 7.31. The molecule has 1 heteroatoms. The number of carbonyl (C=O) groups is 1. The first kappa shape index (κ1) is 10.4. The minimum Gasteiger partial charge on any atom is -0.295 e. The van der Waals surface area contributed by atoms with Crippen LogP contribution in [0.1, 0.15) is 40.0 Å². The maximum Gasteiger partial charge on any atom is 0.155 e. The van der Waals surface area contributed by atoms with E-state index in [1.165, 1.54) is 0 Å². The zero-order valence-electron chi connectivity index (χ0n) is 7.76. The van der Waals surface area contributed by atoms with Crippen LogP contribution in [0, 0.1) is 5.92 Å². The van der Waals surface area contributed by atoms with Crippen molar-refractivity contribution in [3.8, 4) is 0 Å². The maximum absolute atomic E-state index is 10.9. The molecule has 0 bridgehead atoms. The number of ketones is 1. The lowest BCUT2D eigenvalue weighted by Crippen LogP contribution is -1.90. The van der Waals surface area contributed by atoms with Crippen LogP contribution in [0.2, 0.25) is 0 Å². The van der Waals surface area contributed by atoms with Crippen molar-refractivity contribution >= 4 is 5.78 Å². The third-order valence-electron chi connectivity index (χ3n) is 1.41. The molecule has 64 valence electrons. The summed E-state index contributed by atoms with van der Waals surface area (Å²) in [5.74, 6) is 0.911. The quantitative estimate of drug-likeness (QED) is 0.556. The van der Waals surface area contributed by atoms with Gasteiger partial charge in [0.05, 0.1) is 0 Å². The first-order valence-corrected chi connectivity index (χ1v) is 4.36. The Morgan fingerprint density at radius 1 is 1.45 bits per heavy atom. The molecule has 0 fully saturated rings. The Morgan fingerprint density at radius 2 is 2.09 bits per heavy atom. The summed E-state index contributed by atoms with van der Waals surface area (Å²) in [6, 6.07) is 0. The van der Waals surface area contributed by atoms with Crippen LogP contribution in [-0.2, 0) is 4.79 Å². The standard InChI is InChI=1S/C10H18O/c1-4-6-10(11)8-5-7-9(2)3/h5,8-9H,4,6-7H2,1-3H3/b8-5+. The van der Waals surface area contributed by atoms with E-state index in [0.717, 1.165) is 12.8 Å². The second-order valence-electron chi connectivity index (χ2n) is 3.25. The van der Waals surface area contributed by atoms with Crippen LogP contribution < -0.4 is 0 Å². The van der Waals surface area contributed by atoms with E-state index in [0.29, 0.717) is 12.3 Å². The van der Waals surface area contributed by atoms with E-state index in [1.807, 2.05) is 13.0 Å². The van der Waals surface area contributed by atoms with Crippen molar-refractivity contribution in [3.05, 3.63) is 12.2 Å². The molecule has 0 atom stereocenters. The maximum atomic E-state index is 10.9. The molecule has 0 heterocycles. The molecule has 0 saturated heterocycles. The van der Waals surface area contributed by atoms with Crippen molar-refractivity contribution in [1.29, 1.82) is 0 Å². The van der Waals surface area contributed by atoms with Gasteiger partial charge in [-0.25, -0.2) is 0 Å². The summed E-state index contributed by atoms with van der Waals surface area (Å²) in [5, 5.41) is 0. The summed E-state index contributed by atoms with van der Waals surface area (Å²) in [7, 11) is 0. The van der Waals surface area contributed by atoms with Gasteiger partial charge in [-0.2, -0.15) is 0 Å². The number of allylic oxidation sites excluding steroid dienone is 2. The van der Waals surface area contributed by atoms with Gasteiger partial charge in [0.25, 0.3) is 0 Å². The summed E-state index contributed by atoms with van der Waals surface area (Å²) in [4.78, 5) is 10.9. The summed E-state index contributed by atoms with van der Waals surface area (Å²) < 4.78 is 0. The summed E-state index contributed by atoms with van der Waals surface area (Å²) in [6.07, 6.45) is 6.33. The Morgan fingerprint density at radius 3 is 2.55 bits per heavy atom. The molecule has 1 nitrogen and oxygen atoms in total. The van der Waals surface area contributed by atoms with Gasteiger partial charge in [0.1, 0.15) is 0 Å². The van der Waals surface area contributed by atoms with E-state index in [9.17, 15) is 4.79 Å². The van der Waals surface area contributed by atoms with E-state index in [2.05, 4.69) is 13.8 Å². The average Bonchev–Trinajstić information content (AvgIpc) is 1.87. The van der Waals surface area contributed by atoms with Crippen molar-refractivity contribution in [2.75, 3.05) is 0 Å². The minimum atomic E-state index is 0.258. The predicted octanol–water partition coefficient (Wildman–Crippen LogP) is 2.96. The molecule has 0 aliphatic carbocycles. The van der Waals surface area contributed by atoms with Crippen molar-refractivity contribution in [1.82, 2.24) is 0 Å². The van der Waals surface area contributed by atoms with Gasteiger partial charge in [0, 0.05) is 6.42 Å². The minimum absolute atomic E-state index is 0.258. The highest BCUT2D eigenvalue weighted by molar-refractivity contribution is 5.89. The van der Waals surface area contributed by atoms with Crippen LogP contribution in [0.3, 0.4) is 0 Å². The van der Waals surface area contributed by atoms with Crippen LogP contribution in [0.5, 0.6) is 0 Å². The van der Waals surface area contributed by atoms with E-state index in [-0.39, 0.29) is 5.78 Å². The second kappa shape index (κ2) is 6.14. The normalized spacial score (nSPS) is 11.3. The fourth-order valence-electron chi connectivity index (χ4n) is 0.801. The zero-order chi connectivity index (χ0) is 8.69. The van der Waals surface area contributed by atoms with Gasteiger partial charge in [0.15, 0.2) is 5.78 Å². The van der Waals surface area contributed by atoms with Crippen LogP contribution in [0.25, 0.3) is 0 Å². The molecule has 0 saturated carbocycles. The Labute approximate surface area is 69.5 Å². The topological polar surface area (TPSA) is 17.1 Å². The number of rotatable bonds is 5. The number of hydrogen-bond acceptors (Lipinski definition) is 1. The van der Waals surface area contributed by atoms with Crippen molar-refractivity contribution in [2.45, 2.75) is 40.0 Å². The van der Waals surface area contributed by atoms with Crippen molar-refractivity contribution < 1.29 is 4.79 Å². The first-order chi connectivity index (χ1) is 5.16. The summed E-state index contributed by atoms with van der Waals surface area (Å²) in [6.45, 7) is 6.32. The van der Waals surface area contributed by atoms with Crippen molar-refractivity contribution in [3.63, 3.8) is 0 Å².